The summed E-state index contributed by atoms with van der Waals surface area (Å²) in [6.07, 6.45) is -0.146. The molecule has 0 bridgehead atoms. The summed E-state index contributed by atoms with van der Waals surface area (Å²) in [7, 11) is 0. The van der Waals surface area contributed by atoms with E-state index in [0.717, 1.165) is 11.1 Å². The Balaban J connectivity index is 1.97. The van der Waals surface area contributed by atoms with E-state index in [4.69, 9.17) is 0 Å². The summed E-state index contributed by atoms with van der Waals surface area (Å²) < 4.78 is 0. The van der Waals surface area contributed by atoms with E-state index in [1.54, 1.807) is 6.07 Å². The Morgan fingerprint density at radius 2 is 2.04 bits per heavy atom. The lowest BCUT2D eigenvalue weighted by Gasteiger charge is -2.19. The lowest BCUT2D eigenvalue weighted by molar-refractivity contribution is -0.384. The van der Waals surface area contributed by atoms with Gasteiger partial charge in [-0.05, 0) is 30.2 Å². The van der Waals surface area contributed by atoms with Gasteiger partial charge in [-0.1, -0.05) is 24.3 Å². The van der Waals surface area contributed by atoms with Gasteiger partial charge in [0, 0.05) is 18.1 Å². The lowest BCUT2D eigenvalue weighted by atomic mass is 10.1. The zero-order valence-corrected chi connectivity index (χ0v) is 12.5. The molecule has 0 aliphatic heterocycles. The molecule has 0 aromatic heterocycles. The number of nitrogens with zero attached hydrogens (tertiary/aromatic N) is 1. The average Bonchev–Trinajstić information content (AvgIpc) is 2.83. The van der Waals surface area contributed by atoms with Gasteiger partial charge in [0.15, 0.2) is 5.78 Å². The Morgan fingerprint density at radius 1 is 1.30 bits per heavy atom. The highest BCUT2D eigenvalue weighted by atomic mass is 16.6. The van der Waals surface area contributed by atoms with Crippen LogP contribution in [0.4, 0.5) is 11.4 Å². The third-order valence-corrected chi connectivity index (χ3v) is 4.12. The molecular formula is C17H16N2O4. The largest absolute Gasteiger partial charge is 0.390 e. The number of nitro groups is 1. The molecular weight excluding hydrogens is 296 g/mol. The average molecular weight is 312 g/mol. The van der Waals surface area contributed by atoms with Crippen LogP contribution in [0.3, 0.4) is 0 Å². The van der Waals surface area contributed by atoms with Crippen molar-refractivity contribution in [2.24, 2.45) is 0 Å². The number of carbonyl (C=O) groups is 1. The minimum absolute atomic E-state index is 0.172. The zero-order valence-electron chi connectivity index (χ0n) is 12.5. The number of hydrogen-bond donors (Lipinski definition) is 2. The molecule has 6 nitrogen and oxygen atoms in total. The van der Waals surface area contributed by atoms with E-state index in [1.807, 2.05) is 24.3 Å². The molecule has 2 atom stereocenters. The van der Waals surface area contributed by atoms with Crippen LogP contribution in [-0.4, -0.2) is 21.9 Å². The number of hydrogen-bond acceptors (Lipinski definition) is 5. The molecule has 0 saturated carbocycles. The minimum Gasteiger partial charge on any atom is -0.390 e. The molecule has 0 radical (unpaired) electrons. The van der Waals surface area contributed by atoms with Crippen LogP contribution in [0.1, 0.15) is 34.5 Å². The third-order valence-electron chi connectivity index (χ3n) is 4.12. The SMILES string of the molecule is CC(=O)c1ccc(N[C@H]2c3ccccc3C[C@H]2O)c([N+](=O)[O-])c1. The first-order valence-corrected chi connectivity index (χ1v) is 7.29. The number of carbonyl (C=O) groups excluding carboxylic acids is 1. The van der Waals surface area contributed by atoms with E-state index in [-0.39, 0.29) is 17.0 Å². The van der Waals surface area contributed by atoms with E-state index in [1.165, 1.54) is 19.1 Å². The first kappa shape index (κ1) is 15.2. The maximum absolute atomic E-state index is 11.4. The number of rotatable bonds is 4. The molecule has 23 heavy (non-hydrogen) atoms. The molecule has 1 aliphatic carbocycles. The summed E-state index contributed by atoms with van der Waals surface area (Å²) in [6.45, 7) is 1.36. The van der Waals surface area contributed by atoms with Gasteiger partial charge >= 0.3 is 0 Å². The topological polar surface area (TPSA) is 92.5 Å². The Morgan fingerprint density at radius 3 is 2.74 bits per heavy atom. The Bertz CT molecular complexity index is 788. The summed E-state index contributed by atoms with van der Waals surface area (Å²) in [5, 5.41) is 24.6. The van der Waals surface area contributed by atoms with Gasteiger partial charge in [-0.25, -0.2) is 0 Å². The van der Waals surface area contributed by atoms with Gasteiger partial charge in [-0.15, -0.1) is 0 Å². The van der Waals surface area contributed by atoms with Crippen molar-refractivity contribution in [3.63, 3.8) is 0 Å². The first-order valence-electron chi connectivity index (χ1n) is 7.29. The van der Waals surface area contributed by atoms with E-state index in [2.05, 4.69) is 5.32 Å². The Labute approximate surface area is 132 Å². The van der Waals surface area contributed by atoms with E-state index in [0.29, 0.717) is 12.1 Å². The van der Waals surface area contributed by atoms with Crippen LogP contribution in [0.25, 0.3) is 0 Å². The van der Waals surface area contributed by atoms with Crippen LogP contribution in [0.15, 0.2) is 42.5 Å². The summed E-state index contributed by atoms with van der Waals surface area (Å²) in [4.78, 5) is 22.2. The number of nitrogens with one attached hydrogen (secondary N) is 1. The highest BCUT2D eigenvalue weighted by Crippen LogP contribution is 2.36. The summed E-state index contributed by atoms with van der Waals surface area (Å²) in [5.74, 6) is -0.231. The summed E-state index contributed by atoms with van der Waals surface area (Å²) in [6, 6.07) is 11.5. The molecule has 0 spiro atoms. The van der Waals surface area contributed by atoms with Gasteiger partial charge < -0.3 is 10.4 Å². The monoisotopic (exact) mass is 312 g/mol. The van der Waals surface area contributed by atoms with Crippen molar-refractivity contribution in [2.75, 3.05) is 5.32 Å². The number of aliphatic hydroxyl groups excluding tert-OH is 1. The number of Topliss-reactive ketones (excluding diaryl/α,β-unsaturated/α-hetero) is 1. The molecule has 2 N–H and O–H groups in total. The quantitative estimate of drug-likeness (QED) is 0.514. The summed E-state index contributed by atoms with van der Waals surface area (Å²) >= 11 is 0. The second-order valence-electron chi connectivity index (χ2n) is 5.64. The van der Waals surface area contributed by atoms with Crippen molar-refractivity contribution in [1.29, 1.82) is 0 Å². The molecule has 3 rings (SSSR count). The maximum Gasteiger partial charge on any atom is 0.293 e. The van der Waals surface area contributed by atoms with Crippen LogP contribution in [0, 0.1) is 10.1 Å². The normalized spacial score (nSPS) is 19.2. The van der Waals surface area contributed by atoms with E-state index < -0.39 is 17.1 Å². The van der Waals surface area contributed by atoms with Crippen LogP contribution in [0.5, 0.6) is 0 Å². The predicted molar refractivity (Wildman–Crippen MR) is 85.6 cm³/mol. The van der Waals surface area contributed by atoms with Crippen molar-refractivity contribution in [2.45, 2.75) is 25.5 Å². The Hall–Kier alpha value is -2.73. The maximum atomic E-state index is 11.4. The van der Waals surface area contributed by atoms with Crippen molar-refractivity contribution < 1.29 is 14.8 Å². The van der Waals surface area contributed by atoms with Gasteiger partial charge in [-0.2, -0.15) is 0 Å². The number of nitro benzene ring substituents is 1. The van der Waals surface area contributed by atoms with Crippen molar-refractivity contribution >= 4 is 17.2 Å². The molecule has 0 unspecified atom stereocenters. The number of aliphatic hydroxyl groups is 1. The molecule has 0 heterocycles. The van der Waals surface area contributed by atoms with Crippen LogP contribution in [0.2, 0.25) is 0 Å². The molecule has 0 amide bonds. The number of ketones is 1. The smallest absolute Gasteiger partial charge is 0.293 e. The van der Waals surface area contributed by atoms with Gasteiger partial charge in [0.25, 0.3) is 5.69 Å². The van der Waals surface area contributed by atoms with Crippen LogP contribution >= 0.6 is 0 Å². The predicted octanol–water partition coefficient (Wildman–Crippen LogP) is 2.87. The number of benzene rings is 2. The lowest BCUT2D eigenvalue weighted by Crippen LogP contribution is -2.21. The molecule has 1 aliphatic rings. The molecule has 2 aromatic rings. The Kier molecular flexibility index (Phi) is 3.83. The number of anilines is 1. The first-order chi connectivity index (χ1) is 11.0. The van der Waals surface area contributed by atoms with E-state index in [9.17, 15) is 20.0 Å². The minimum atomic E-state index is -0.653. The second kappa shape index (κ2) is 5.81. The highest BCUT2D eigenvalue weighted by molar-refractivity contribution is 5.95. The fourth-order valence-electron chi connectivity index (χ4n) is 2.94. The summed E-state index contributed by atoms with van der Waals surface area (Å²) in [5.41, 5.74) is 2.37. The van der Waals surface area contributed by atoms with Crippen LogP contribution < -0.4 is 5.32 Å². The fourth-order valence-corrected chi connectivity index (χ4v) is 2.94. The van der Waals surface area contributed by atoms with Gasteiger partial charge in [-0.3, -0.25) is 14.9 Å². The fraction of sp³-hybridized carbons (Fsp3) is 0.235. The number of fused-ring (bicyclic) bond motifs is 1. The standard InChI is InChI=1S/C17H16N2O4/c1-10(20)11-6-7-14(15(8-11)19(22)23)18-17-13-5-3-2-4-12(13)9-16(17)21/h2-8,16-18,21H,9H2,1H3/t16-,17+/m1/s1. The molecule has 118 valence electrons. The van der Waals surface area contributed by atoms with Gasteiger partial charge in [0.2, 0.25) is 0 Å². The molecule has 0 fully saturated rings. The van der Waals surface area contributed by atoms with Crippen molar-refractivity contribution in [3.05, 3.63) is 69.3 Å². The van der Waals surface area contributed by atoms with Crippen molar-refractivity contribution in [1.82, 2.24) is 0 Å². The van der Waals surface area contributed by atoms with E-state index >= 15 is 0 Å². The van der Waals surface area contributed by atoms with Gasteiger partial charge in [0.05, 0.1) is 17.1 Å². The van der Waals surface area contributed by atoms with Crippen molar-refractivity contribution in [3.8, 4) is 0 Å². The second-order valence-corrected chi connectivity index (χ2v) is 5.64. The molecule has 6 heteroatoms. The molecule has 2 aromatic carbocycles. The van der Waals surface area contributed by atoms with Crippen LogP contribution in [-0.2, 0) is 6.42 Å². The highest BCUT2D eigenvalue weighted by Gasteiger charge is 2.32. The third kappa shape index (κ3) is 2.80. The molecule has 0 saturated heterocycles. The van der Waals surface area contributed by atoms with Gasteiger partial charge in [0.1, 0.15) is 5.69 Å². The zero-order chi connectivity index (χ0) is 16.6.